The lowest BCUT2D eigenvalue weighted by Gasteiger charge is -2.06. The van der Waals surface area contributed by atoms with Crippen LogP contribution in [0.15, 0.2) is 99.4 Å². The molecule has 1 aromatic rings. The lowest BCUT2D eigenvalue weighted by Crippen LogP contribution is -1.84. The van der Waals surface area contributed by atoms with Gasteiger partial charge < -0.3 is 0 Å². The Morgan fingerprint density at radius 3 is 0.826 bits per heavy atom. The molecule has 0 unspecified atom stereocenters. The lowest BCUT2D eigenvalue weighted by atomic mass is 10.2. The van der Waals surface area contributed by atoms with Crippen LogP contribution >= 0.6 is 188 Å². The number of benzene rings is 1. The molecule has 0 saturated carbocycles. The second-order valence-corrected chi connectivity index (χ2v) is 27.1. The Hall–Kier alpha value is 2.74. The van der Waals surface area contributed by atoms with E-state index in [-0.39, 0.29) is 0 Å². The summed E-state index contributed by atoms with van der Waals surface area (Å²) in [4.78, 5) is 0. The van der Waals surface area contributed by atoms with Crippen molar-refractivity contribution in [2.24, 2.45) is 0 Å². The van der Waals surface area contributed by atoms with E-state index in [1.54, 1.807) is 0 Å². The first-order valence-corrected chi connectivity index (χ1v) is 29.1. The van der Waals surface area contributed by atoms with E-state index in [0.717, 1.165) is 11.5 Å². The molecule has 5 rings (SSSR count). The Kier molecular flexibility index (Phi) is 18.1. The Morgan fingerprint density at radius 2 is 0.587 bits per heavy atom. The summed E-state index contributed by atoms with van der Waals surface area (Å²) in [6, 6.07) is 9.27. The van der Waals surface area contributed by atoms with E-state index in [1.807, 2.05) is 188 Å². The SMILES string of the molecule is CSC1=C(SC)SC(=CC=C2SC(SC)=C(SCc3ccc(CSC4=C(SC)SC(=CC=C5SC(SC)=C(SC)S5)S4)cc3)S2)S1. The maximum Gasteiger partial charge on any atom is 0.0663 e. The molecule has 0 N–H and O–H groups in total. The molecule has 0 bridgehead atoms. The maximum atomic E-state index is 2.32. The van der Waals surface area contributed by atoms with Crippen LogP contribution in [0.5, 0.6) is 0 Å². The average molecular weight is 904 g/mol. The van der Waals surface area contributed by atoms with Gasteiger partial charge in [-0.25, -0.2) is 0 Å². The number of hydrogen-bond acceptors (Lipinski definition) is 16. The molecular formula is C30H30S16. The van der Waals surface area contributed by atoms with E-state index in [9.17, 15) is 0 Å². The second kappa shape index (κ2) is 20.8. The topological polar surface area (TPSA) is 0 Å². The first kappa shape index (κ1) is 39.9. The van der Waals surface area contributed by atoms with Crippen LogP contribution < -0.4 is 0 Å². The smallest absolute Gasteiger partial charge is 0.0663 e. The Morgan fingerprint density at radius 1 is 0.370 bits per heavy atom. The quantitative estimate of drug-likeness (QED) is 0.174. The minimum Gasteiger partial charge on any atom is -0.121 e. The van der Waals surface area contributed by atoms with Crippen LogP contribution in [-0.4, -0.2) is 37.5 Å². The van der Waals surface area contributed by atoms with Crippen molar-refractivity contribution >= 4 is 188 Å². The predicted molar refractivity (Wildman–Crippen MR) is 251 cm³/mol. The van der Waals surface area contributed by atoms with Crippen molar-refractivity contribution in [1.82, 2.24) is 0 Å². The van der Waals surface area contributed by atoms with E-state index in [1.165, 1.54) is 62.0 Å². The van der Waals surface area contributed by atoms with E-state index in [2.05, 4.69) is 86.1 Å². The van der Waals surface area contributed by atoms with Crippen LogP contribution in [0.4, 0.5) is 0 Å². The molecule has 0 fully saturated rings. The average Bonchev–Trinajstić information content (AvgIpc) is 3.88. The van der Waals surface area contributed by atoms with E-state index < -0.39 is 0 Å². The van der Waals surface area contributed by atoms with Gasteiger partial charge in [-0.2, -0.15) is 0 Å². The summed E-state index contributed by atoms with van der Waals surface area (Å²) in [6.07, 6.45) is 22.3. The Balaban J connectivity index is 1.09. The normalized spacial score (nSPS) is 20.7. The monoisotopic (exact) mass is 902 g/mol. The molecule has 0 radical (unpaired) electrons. The van der Waals surface area contributed by atoms with Crippen LogP contribution in [0.25, 0.3) is 0 Å². The van der Waals surface area contributed by atoms with E-state index >= 15 is 0 Å². The fraction of sp³-hybridized carbons (Fsp3) is 0.267. The second-order valence-electron chi connectivity index (χ2n) is 8.68. The molecule has 0 spiro atoms. The molecule has 4 heterocycles. The van der Waals surface area contributed by atoms with Gasteiger partial charge in [0.25, 0.3) is 0 Å². The first-order chi connectivity index (χ1) is 22.5. The van der Waals surface area contributed by atoms with Gasteiger partial charge in [-0.15, -0.1) is 94.1 Å². The number of rotatable bonds is 14. The molecule has 46 heavy (non-hydrogen) atoms. The minimum atomic E-state index is 0.999. The van der Waals surface area contributed by atoms with Crippen LogP contribution in [-0.2, 0) is 11.5 Å². The summed E-state index contributed by atoms with van der Waals surface area (Å²) in [7, 11) is 0. The summed E-state index contributed by atoms with van der Waals surface area (Å²) in [6.45, 7) is 0. The van der Waals surface area contributed by atoms with Crippen molar-refractivity contribution in [3.05, 3.63) is 111 Å². The van der Waals surface area contributed by atoms with Crippen LogP contribution in [0.3, 0.4) is 0 Å². The molecule has 4 aliphatic heterocycles. The molecule has 0 saturated heterocycles. The van der Waals surface area contributed by atoms with E-state index in [4.69, 9.17) is 0 Å². The maximum absolute atomic E-state index is 2.32. The molecule has 0 amide bonds. The van der Waals surface area contributed by atoms with Crippen LogP contribution in [0, 0.1) is 0 Å². The van der Waals surface area contributed by atoms with Crippen LogP contribution in [0.1, 0.15) is 11.1 Å². The third-order valence-corrected chi connectivity index (χ3v) is 26.7. The minimum absolute atomic E-state index is 0.999. The van der Waals surface area contributed by atoms with Gasteiger partial charge in [0.2, 0.25) is 0 Å². The molecule has 0 nitrogen and oxygen atoms in total. The Labute approximate surface area is 343 Å². The molecule has 246 valence electrons. The summed E-state index contributed by atoms with van der Waals surface area (Å²) in [5, 5.41) is 0. The molecule has 0 aliphatic carbocycles. The highest BCUT2D eigenvalue weighted by molar-refractivity contribution is 8.42. The molecular weight excluding hydrogens is 873 g/mol. The summed E-state index contributed by atoms with van der Waals surface area (Å²) < 4.78 is 16.9. The highest BCUT2D eigenvalue weighted by Gasteiger charge is 2.24. The largest absolute Gasteiger partial charge is 0.121 e. The van der Waals surface area contributed by atoms with Crippen molar-refractivity contribution in [2.75, 3.05) is 37.5 Å². The van der Waals surface area contributed by atoms with Crippen molar-refractivity contribution in [3.63, 3.8) is 0 Å². The van der Waals surface area contributed by atoms with Gasteiger partial charge in [-0.1, -0.05) is 118 Å². The number of allylic oxidation sites excluding steroid dienone is 4. The predicted octanol–water partition coefficient (Wildman–Crippen LogP) is 16.1. The van der Waals surface area contributed by atoms with Crippen molar-refractivity contribution in [1.29, 1.82) is 0 Å². The van der Waals surface area contributed by atoms with Gasteiger partial charge in [0.15, 0.2) is 0 Å². The molecule has 4 aliphatic rings. The van der Waals surface area contributed by atoms with Crippen molar-refractivity contribution in [3.8, 4) is 0 Å². The Bertz CT molecular complexity index is 1390. The number of thioether (sulfide) groups is 16. The lowest BCUT2D eigenvalue weighted by molar-refractivity contribution is 1.35. The molecule has 16 heteroatoms. The van der Waals surface area contributed by atoms with Crippen molar-refractivity contribution < 1.29 is 0 Å². The van der Waals surface area contributed by atoms with Crippen molar-refractivity contribution in [2.45, 2.75) is 11.5 Å². The molecule has 1 aromatic carbocycles. The number of hydrogen-bond donors (Lipinski definition) is 0. The zero-order valence-electron chi connectivity index (χ0n) is 25.6. The highest BCUT2D eigenvalue weighted by Crippen LogP contribution is 2.60. The van der Waals surface area contributed by atoms with Gasteiger partial charge >= 0.3 is 0 Å². The van der Waals surface area contributed by atoms with Gasteiger partial charge in [0.1, 0.15) is 0 Å². The van der Waals surface area contributed by atoms with Gasteiger partial charge in [0.05, 0.1) is 50.8 Å². The van der Waals surface area contributed by atoms with Gasteiger partial charge in [0, 0.05) is 11.5 Å². The van der Waals surface area contributed by atoms with Gasteiger partial charge in [-0.05, 0) is 73.0 Å². The summed E-state index contributed by atoms with van der Waals surface area (Å²) in [5.74, 6) is 2.00. The fourth-order valence-corrected chi connectivity index (χ4v) is 23.7. The van der Waals surface area contributed by atoms with E-state index in [0.29, 0.717) is 0 Å². The third-order valence-electron chi connectivity index (χ3n) is 5.80. The fourth-order valence-electron chi connectivity index (χ4n) is 3.65. The summed E-state index contributed by atoms with van der Waals surface area (Å²) >= 11 is 30.4. The van der Waals surface area contributed by atoms with Gasteiger partial charge in [-0.3, -0.25) is 0 Å². The highest BCUT2D eigenvalue weighted by atomic mass is 32.3. The first-order valence-electron chi connectivity index (χ1n) is 13.3. The summed E-state index contributed by atoms with van der Waals surface area (Å²) in [5.41, 5.74) is 2.77. The molecule has 0 atom stereocenters. The molecule has 0 aromatic heterocycles. The third kappa shape index (κ3) is 11.4. The van der Waals surface area contributed by atoms with Crippen LogP contribution in [0.2, 0.25) is 0 Å². The zero-order chi connectivity index (χ0) is 32.5. The zero-order valence-corrected chi connectivity index (χ0v) is 38.6. The standard InChI is InChI=1S/C30H30S16/c1-31-23-24(32-2)40-19(39-23)11-13-21-43-27(35-5)29(45-21)37-15-17-7-9-18(10-8-17)16-38-30-28(36-6)44-22(46-30)14-12-20-41-25(33-3)26(34-4)42-20/h7-14H,15-16H2,1-6H3.